The van der Waals surface area contributed by atoms with Gasteiger partial charge in [0.05, 0.1) is 28.4 Å². The molecule has 8 heteroatoms. The number of hydrogen-bond acceptors (Lipinski definition) is 6. The number of piperidine rings is 1. The summed E-state index contributed by atoms with van der Waals surface area (Å²) in [7, 11) is 0. The summed E-state index contributed by atoms with van der Waals surface area (Å²) in [6.07, 6.45) is 2.70. The van der Waals surface area contributed by atoms with Crippen LogP contribution in [0.5, 0.6) is 0 Å². The van der Waals surface area contributed by atoms with Gasteiger partial charge in [-0.3, -0.25) is 19.5 Å². The van der Waals surface area contributed by atoms with Crippen molar-refractivity contribution >= 4 is 17.2 Å². The van der Waals surface area contributed by atoms with Crippen LogP contribution < -0.4 is 5.56 Å². The molecule has 3 aromatic heterocycles. The number of aromatic amines is 1. The number of likely N-dealkylation sites (tertiary alicyclic amines) is 1. The zero-order valence-corrected chi connectivity index (χ0v) is 19.0. The van der Waals surface area contributed by atoms with Crippen LogP contribution in [0.15, 0.2) is 40.5 Å². The molecule has 7 nitrogen and oxygen atoms in total. The van der Waals surface area contributed by atoms with E-state index in [1.165, 1.54) is 11.3 Å². The molecule has 166 valence electrons. The lowest BCUT2D eigenvalue weighted by Gasteiger charge is -2.33. The number of hydrogen-bond donors (Lipinski definition) is 1. The largest absolute Gasteiger partial charge is 0.333 e. The van der Waals surface area contributed by atoms with Crippen molar-refractivity contribution in [1.29, 1.82) is 0 Å². The second-order valence-electron chi connectivity index (χ2n) is 8.67. The number of aryl methyl sites for hydroxylation is 1. The summed E-state index contributed by atoms with van der Waals surface area (Å²) in [5, 5.41) is 1.90. The van der Waals surface area contributed by atoms with E-state index in [1.807, 2.05) is 36.6 Å². The predicted molar refractivity (Wildman–Crippen MR) is 124 cm³/mol. The van der Waals surface area contributed by atoms with Gasteiger partial charge in [0, 0.05) is 37.7 Å². The van der Waals surface area contributed by atoms with Crippen LogP contribution in [-0.2, 0) is 19.5 Å². The molecule has 3 aromatic rings. The molecule has 2 aliphatic rings. The van der Waals surface area contributed by atoms with E-state index in [4.69, 9.17) is 4.98 Å². The Morgan fingerprint density at radius 2 is 2.12 bits per heavy atom. The van der Waals surface area contributed by atoms with E-state index in [2.05, 4.69) is 20.9 Å². The molecule has 5 heterocycles. The van der Waals surface area contributed by atoms with Crippen molar-refractivity contribution in [2.75, 3.05) is 19.6 Å². The monoisotopic (exact) mass is 449 g/mol. The fourth-order valence-electron chi connectivity index (χ4n) is 4.71. The van der Waals surface area contributed by atoms with Crippen molar-refractivity contribution in [1.82, 2.24) is 24.8 Å². The highest BCUT2D eigenvalue weighted by Crippen LogP contribution is 2.26. The van der Waals surface area contributed by atoms with Gasteiger partial charge in [-0.1, -0.05) is 12.1 Å². The Hall–Kier alpha value is -2.84. The fraction of sp³-hybridized carbons (Fsp3) is 0.417. The lowest BCUT2D eigenvalue weighted by Crippen LogP contribution is -2.40. The van der Waals surface area contributed by atoms with Crippen LogP contribution in [0.3, 0.4) is 0 Å². The SMILES string of the molecule is Cc1cccc(CN2CCCC(c3nc4c(c(=O)[nH]3)CN(C(=O)c3cccs3)CC4)C2)n1. The van der Waals surface area contributed by atoms with Crippen LogP contribution in [0.25, 0.3) is 0 Å². The topological polar surface area (TPSA) is 82.2 Å². The summed E-state index contributed by atoms with van der Waals surface area (Å²) in [5.74, 6) is 0.979. The zero-order valence-electron chi connectivity index (χ0n) is 18.2. The van der Waals surface area contributed by atoms with Gasteiger partial charge >= 0.3 is 0 Å². The van der Waals surface area contributed by atoms with Crippen LogP contribution >= 0.6 is 11.3 Å². The van der Waals surface area contributed by atoms with Crippen LogP contribution in [0, 0.1) is 6.92 Å². The summed E-state index contributed by atoms with van der Waals surface area (Å²) < 4.78 is 0. The molecule has 1 unspecified atom stereocenters. The molecule has 1 saturated heterocycles. The van der Waals surface area contributed by atoms with Gasteiger partial charge in [-0.2, -0.15) is 0 Å². The molecule has 1 amide bonds. The summed E-state index contributed by atoms with van der Waals surface area (Å²) in [4.78, 5) is 43.0. The predicted octanol–water partition coefficient (Wildman–Crippen LogP) is 3.11. The molecular formula is C24H27N5O2S. The number of nitrogens with one attached hydrogen (secondary N) is 1. The first kappa shape index (κ1) is 21.0. The van der Waals surface area contributed by atoms with E-state index in [9.17, 15) is 9.59 Å². The first-order chi connectivity index (χ1) is 15.6. The number of H-pyrrole nitrogens is 1. The van der Waals surface area contributed by atoms with Crippen LogP contribution in [0.2, 0.25) is 0 Å². The van der Waals surface area contributed by atoms with Gasteiger partial charge in [-0.05, 0) is 49.9 Å². The second-order valence-corrected chi connectivity index (χ2v) is 9.62. The molecule has 1 N–H and O–H groups in total. The zero-order chi connectivity index (χ0) is 22.1. The van der Waals surface area contributed by atoms with Crippen molar-refractivity contribution < 1.29 is 4.79 Å². The smallest absolute Gasteiger partial charge is 0.264 e. The quantitative estimate of drug-likeness (QED) is 0.662. The Morgan fingerprint density at radius 3 is 2.94 bits per heavy atom. The maximum atomic E-state index is 12.9. The molecule has 32 heavy (non-hydrogen) atoms. The highest BCUT2D eigenvalue weighted by molar-refractivity contribution is 7.12. The first-order valence-electron chi connectivity index (χ1n) is 11.2. The Bertz CT molecular complexity index is 1170. The number of carbonyl (C=O) groups is 1. The average molecular weight is 450 g/mol. The molecular weight excluding hydrogens is 422 g/mol. The number of fused-ring (bicyclic) bond motifs is 1. The first-order valence-corrected chi connectivity index (χ1v) is 12.0. The van der Waals surface area contributed by atoms with Crippen LogP contribution in [0.1, 0.15) is 56.9 Å². The minimum atomic E-state index is -0.105. The molecule has 5 rings (SSSR count). The van der Waals surface area contributed by atoms with Gasteiger partial charge in [0.1, 0.15) is 5.82 Å². The normalized spacial score (nSPS) is 19.0. The van der Waals surface area contributed by atoms with Gasteiger partial charge in [0.25, 0.3) is 11.5 Å². The van der Waals surface area contributed by atoms with Gasteiger partial charge in [-0.25, -0.2) is 4.98 Å². The molecule has 0 bridgehead atoms. The minimum absolute atomic E-state index is 0.0122. The Morgan fingerprint density at radius 1 is 1.22 bits per heavy atom. The molecule has 0 aliphatic carbocycles. The summed E-state index contributed by atoms with van der Waals surface area (Å²) in [6.45, 7) is 5.63. The standard InChI is InChI=1S/C24H27N5O2S/c1-16-5-2-7-18(25-16)14-28-10-3-6-17(13-28)22-26-20-9-11-29(15-19(20)23(30)27-22)24(31)21-8-4-12-32-21/h2,4-5,7-8,12,17H,3,6,9-11,13-15H2,1H3,(H,26,27,30). The lowest BCUT2D eigenvalue weighted by molar-refractivity contribution is 0.0737. The molecule has 0 spiro atoms. The van der Waals surface area contributed by atoms with Gasteiger partial charge < -0.3 is 9.88 Å². The van der Waals surface area contributed by atoms with Crippen molar-refractivity contribution in [3.63, 3.8) is 0 Å². The Kier molecular flexibility index (Phi) is 5.89. The Labute approximate surface area is 191 Å². The molecule has 0 aromatic carbocycles. The third kappa shape index (κ3) is 4.38. The number of aromatic nitrogens is 3. The van der Waals surface area contributed by atoms with Crippen molar-refractivity contribution in [2.45, 2.75) is 45.2 Å². The number of amides is 1. The van der Waals surface area contributed by atoms with E-state index in [1.54, 1.807) is 4.90 Å². The second kappa shape index (κ2) is 8.96. The summed E-state index contributed by atoms with van der Waals surface area (Å²) in [5.41, 5.74) is 3.47. The number of rotatable bonds is 4. The van der Waals surface area contributed by atoms with E-state index in [-0.39, 0.29) is 17.4 Å². The van der Waals surface area contributed by atoms with E-state index >= 15 is 0 Å². The fourth-order valence-corrected chi connectivity index (χ4v) is 5.40. The number of carbonyl (C=O) groups excluding carboxylic acids is 1. The third-order valence-electron chi connectivity index (χ3n) is 6.33. The van der Waals surface area contributed by atoms with Gasteiger partial charge in [-0.15, -0.1) is 11.3 Å². The van der Waals surface area contributed by atoms with Crippen LogP contribution in [-0.4, -0.2) is 50.3 Å². The van der Waals surface area contributed by atoms with E-state index in [0.717, 1.165) is 55.4 Å². The molecule has 2 aliphatic heterocycles. The summed E-state index contributed by atoms with van der Waals surface area (Å²) >= 11 is 1.43. The minimum Gasteiger partial charge on any atom is -0.333 e. The lowest BCUT2D eigenvalue weighted by atomic mass is 9.96. The molecule has 1 atom stereocenters. The average Bonchev–Trinajstić information content (AvgIpc) is 3.34. The van der Waals surface area contributed by atoms with E-state index < -0.39 is 0 Å². The van der Waals surface area contributed by atoms with Crippen molar-refractivity contribution in [3.8, 4) is 0 Å². The highest BCUT2D eigenvalue weighted by atomic mass is 32.1. The maximum absolute atomic E-state index is 12.9. The Balaban J connectivity index is 1.31. The number of nitrogens with zero attached hydrogens (tertiary/aromatic N) is 4. The van der Waals surface area contributed by atoms with Crippen LogP contribution in [0.4, 0.5) is 0 Å². The molecule has 1 fully saturated rings. The van der Waals surface area contributed by atoms with Crippen molar-refractivity contribution in [2.24, 2.45) is 0 Å². The van der Waals surface area contributed by atoms with Gasteiger partial charge in [0.2, 0.25) is 0 Å². The van der Waals surface area contributed by atoms with Gasteiger partial charge in [0.15, 0.2) is 0 Å². The third-order valence-corrected chi connectivity index (χ3v) is 7.19. The summed E-state index contributed by atoms with van der Waals surface area (Å²) in [6, 6.07) is 9.83. The molecule has 0 saturated carbocycles. The highest BCUT2D eigenvalue weighted by Gasteiger charge is 2.28. The van der Waals surface area contributed by atoms with E-state index in [0.29, 0.717) is 30.0 Å². The maximum Gasteiger partial charge on any atom is 0.264 e. The number of thiophene rings is 1. The van der Waals surface area contributed by atoms with Crippen molar-refractivity contribution in [3.05, 3.63) is 79.4 Å². The number of pyridine rings is 1. The molecule has 0 radical (unpaired) electrons.